The van der Waals surface area contributed by atoms with Crippen molar-refractivity contribution >= 4 is 29.0 Å². The SMILES string of the molecule is O=C(CN1CCOCC1)c1cc(Cl)ccc1Cl. The second kappa shape index (κ2) is 5.83. The third-order valence-electron chi connectivity index (χ3n) is 2.70. The van der Waals surface area contributed by atoms with Crippen molar-refractivity contribution in [1.82, 2.24) is 4.90 Å². The highest BCUT2D eigenvalue weighted by atomic mass is 35.5. The molecule has 0 radical (unpaired) electrons. The van der Waals surface area contributed by atoms with Gasteiger partial charge in [0.2, 0.25) is 0 Å². The molecule has 1 aromatic rings. The van der Waals surface area contributed by atoms with E-state index in [0.717, 1.165) is 13.1 Å². The van der Waals surface area contributed by atoms with Crippen molar-refractivity contribution in [3.63, 3.8) is 0 Å². The number of carbonyl (C=O) groups is 1. The van der Waals surface area contributed by atoms with Crippen LogP contribution in [-0.4, -0.2) is 43.5 Å². The monoisotopic (exact) mass is 273 g/mol. The predicted octanol–water partition coefficient (Wildman–Crippen LogP) is 2.51. The summed E-state index contributed by atoms with van der Waals surface area (Å²) >= 11 is 11.8. The van der Waals surface area contributed by atoms with Gasteiger partial charge in [-0.2, -0.15) is 0 Å². The van der Waals surface area contributed by atoms with Crippen LogP contribution in [0.2, 0.25) is 10.0 Å². The van der Waals surface area contributed by atoms with Crippen molar-refractivity contribution in [2.45, 2.75) is 0 Å². The Bertz CT molecular complexity index is 417. The summed E-state index contributed by atoms with van der Waals surface area (Å²) in [4.78, 5) is 14.1. The molecule has 1 aliphatic heterocycles. The lowest BCUT2D eigenvalue weighted by Crippen LogP contribution is -2.39. The van der Waals surface area contributed by atoms with Crippen molar-refractivity contribution in [2.75, 3.05) is 32.8 Å². The molecule has 3 nitrogen and oxygen atoms in total. The Labute approximate surface area is 110 Å². The largest absolute Gasteiger partial charge is 0.379 e. The summed E-state index contributed by atoms with van der Waals surface area (Å²) in [6.45, 7) is 3.28. The third-order valence-corrected chi connectivity index (χ3v) is 3.26. The molecular formula is C12H13Cl2NO2. The normalized spacial score (nSPS) is 17.1. The molecule has 1 heterocycles. The van der Waals surface area contributed by atoms with Crippen LogP contribution in [0.4, 0.5) is 0 Å². The van der Waals surface area contributed by atoms with Crippen LogP contribution in [0.1, 0.15) is 10.4 Å². The van der Waals surface area contributed by atoms with Gasteiger partial charge in [-0.15, -0.1) is 0 Å². The molecule has 1 saturated heterocycles. The molecule has 0 aromatic heterocycles. The molecule has 0 bridgehead atoms. The Morgan fingerprint density at radius 1 is 1.29 bits per heavy atom. The minimum atomic E-state index is -0.000556. The lowest BCUT2D eigenvalue weighted by atomic mass is 10.1. The molecule has 1 aliphatic rings. The number of carbonyl (C=O) groups excluding carboxylic acids is 1. The average Bonchev–Trinajstić information content (AvgIpc) is 2.33. The Morgan fingerprint density at radius 3 is 2.71 bits per heavy atom. The van der Waals surface area contributed by atoms with Gasteiger partial charge in [0.15, 0.2) is 5.78 Å². The van der Waals surface area contributed by atoms with Gasteiger partial charge in [0.25, 0.3) is 0 Å². The van der Waals surface area contributed by atoms with Crippen molar-refractivity contribution < 1.29 is 9.53 Å². The first kappa shape index (κ1) is 12.8. The lowest BCUT2D eigenvalue weighted by molar-refractivity contribution is 0.0371. The topological polar surface area (TPSA) is 29.5 Å². The number of ether oxygens (including phenoxy) is 1. The van der Waals surface area contributed by atoms with Crippen LogP contribution in [0.3, 0.4) is 0 Å². The van der Waals surface area contributed by atoms with Gasteiger partial charge in [-0.05, 0) is 18.2 Å². The Kier molecular flexibility index (Phi) is 4.40. The minimum absolute atomic E-state index is 0.000556. The first-order chi connectivity index (χ1) is 8.16. The molecule has 1 fully saturated rings. The number of benzene rings is 1. The van der Waals surface area contributed by atoms with Crippen LogP contribution in [-0.2, 0) is 4.74 Å². The second-order valence-corrected chi connectivity index (χ2v) is 4.78. The van der Waals surface area contributed by atoms with Gasteiger partial charge < -0.3 is 4.74 Å². The van der Waals surface area contributed by atoms with Crippen LogP contribution in [0.25, 0.3) is 0 Å². The molecule has 0 unspecified atom stereocenters. The maximum atomic E-state index is 12.1. The summed E-state index contributed by atoms with van der Waals surface area (Å²) in [5.74, 6) is -0.000556. The van der Waals surface area contributed by atoms with E-state index in [1.807, 2.05) is 0 Å². The zero-order valence-electron chi connectivity index (χ0n) is 9.29. The van der Waals surface area contributed by atoms with Gasteiger partial charge in [0, 0.05) is 23.7 Å². The van der Waals surface area contributed by atoms with E-state index in [4.69, 9.17) is 27.9 Å². The summed E-state index contributed by atoms with van der Waals surface area (Å²) in [5, 5.41) is 0.979. The number of Topliss-reactive ketones (excluding diaryl/α,β-unsaturated/α-hetero) is 1. The predicted molar refractivity (Wildman–Crippen MR) is 68.1 cm³/mol. The molecule has 0 atom stereocenters. The highest BCUT2D eigenvalue weighted by Gasteiger charge is 2.17. The molecule has 0 aliphatic carbocycles. The number of morpholine rings is 1. The quantitative estimate of drug-likeness (QED) is 0.793. The maximum absolute atomic E-state index is 12.1. The minimum Gasteiger partial charge on any atom is -0.379 e. The lowest BCUT2D eigenvalue weighted by Gasteiger charge is -2.25. The van der Waals surface area contributed by atoms with Crippen LogP contribution in [0.5, 0.6) is 0 Å². The number of rotatable bonds is 3. The van der Waals surface area contributed by atoms with E-state index in [1.54, 1.807) is 18.2 Å². The zero-order chi connectivity index (χ0) is 12.3. The summed E-state index contributed by atoms with van der Waals surface area (Å²) in [6, 6.07) is 4.94. The molecule has 17 heavy (non-hydrogen) atoms. The number of hydrogen-bond acceptors (Lipinski definition) is 3. The zero-order valence-corrected chi connectivity index (χ0v) is 10.8. The maximum Gasteiger partial charge on any atom is 0.178 e. The Morgan fingerprint density at radius 2 is 2.00 bits per heavy atom. The van der Waals surface area contributed by atoms with E-state index in [-0.39, 0.29) is 5.78 Å². The number of halogens is 2. The van der Waals surface area contributed by atoms with Crippen LogP contribution < -0.4 is 0 Å². The number of hydrogen-bond donors (Lipinski definition) is 0. The van der Waals surface area contributed by atoms with Crippen molar-refractivity contribution in [3.05, 3.63) is 33.8 Å². The molecule has 0 spiro atoms. The van der Waals surface area contributed by atoms with Gasteiger partial charge in [0.05, 0.1) is 24.8 Å². The van der Waals surface area contributed by atoms with Gasteiger partial charge in [0.1, 0.15) is 0 Å². The smallest absolute Gasteiger partial charge is 0.178 e. The van der Waals surface area contributed by atoms with Gasteiger partial charge in [-0.3, -0.25) is 9.69 Å². The molecule has 5 heteroatoms. The van der Waals surface area contributed by atoms with Crippen molar-refractivity contribution in [1.29, 1.82) is 0 Å². The first-order valence-electron chi connectivity index (χ1n) is 5.45. The van der Waals surface area contributed by atoms with E-state index in [2.05, 4.69) is 4.90 Å². The summed E-state index contributed by atoms with van der Waals surface area (Å²) < 4.78 is 5.23. The Balaban J connectivity index is 2.05. The van der Waals surface area contributed by atoms with Crippen LogP contribution >= 0.6 is 23.2 Å². The fraction of sp³-hybridized carbons (Fsp3) is 0.417. The standard InChI is InChI=1S/C12H13Cl2NO2/c13-9-1-2-11(14)10(7-9)12(16)8-15-3-5-17-6-4-15/h1-2,7H,3-6,8H2. The molecule has 0 saturated carbocycles. The van der Waals surface area contributed by atoms with Gasteiger partial charge in [-0.1, -0.05) is 23.2 Å². The van der Waals surface area contributed by atoms with E-state index >= 15 is 0 Å². The van der Waals surface area contributed by atoms with E-state index in [1.165, 1.54) is 0 Å². The molecule has 1 aromatic carbocycles. The fourth-order valence-corrected chi connectivity index (χ4v) is 2.15. The van der Waals surface area contributed by atoms with Gasteiger partial charge >= 0.3 is 0 Å². The molecule has 0 amide bonds. The molecule has 0 N–H and O–H groups in total. The van der Waals surface area contributed by atoms with E-state index in [0.29, 0.717) is 35.4 Å². The highest BCUT2D eigenvalue weighted by Crippen LogP contribution is 2.21. The Hall–Kier alpha value is -0.610. The molecular weight excluding hydrogens is 261 g/mol. The van der Waals surface area contributed by atoms with Gasteiger partial charge in [-0.25, -0.2) is 0 Å². The fourth-order valence-electron chi connectivity index (χ4n) is 1.76. The summed E-state index contributed by atoms with van der Waals surface area (Å²) in [6.07, 6.45) is 0. The van der Waals surface area contributed by atoms with E-state index < -0.39 is 0 Å². The summed E-state index contributed by atoms with van der Waals surface area (Å²) in [5.41, 5.74) is 0.491. The third kappa shape index (κ3) is 3.42. The number of nitrogens with zero attached hydrogens (tertiary/aromatic N) is 1. The molecule has 92 valence electrons. The summed E-state index contributed by atoms with van der Waals surface area (Å²) in [7, 11) is 0. The second-order valence-electron chi connectivity index (χ2n) is 3.94. The van der Waals surface area contributed by atoms with Crippen LogP contribution in [0.15, 0.2) is 18.2 Å². The van der Waals surface area contributed by atoms with E-state index in [9.17, 15) is 4.79 Å². The molecule has 2 rings (SSSR count). The first-order valence-corrected chi connectivity index (χ1v) is 6.21. The van der Waals surface area contributed by atoms with Crippen molar-refractivity contribution in [3.8, 4) is 0 Å². The highest BCUT2D eigenvalue weighted by molar-refractivity contribution is 6.36. The average molecular weight is 274 g/mol. The van der Waals surface area contributed by atoms with Crippen molar-refractivity contribution in [2.24, 2.45) is 0 Å². The van der Waals surface area contributed by atoms with Crippen LogP contribution in [0, 0.1) is 0 Å². The number of ketones is 1.